The van der Waals surface area contributed by atoms with Gasteiger partial charge in [0.15, 0.2) is 0 Å². The Morgan fingerprint density at radius 2 is 1.78 bits per heavy atom. The maximum absolute atomic E-state index is 8.86. The van der Waals surface area contributed by atoms with Gasteiger partial charge in [-0.05, 0) is 31.2 Å². The number of hydrogen-bond donors (Lipinski definition) is 0. The summed E-state index contributed by atoms with van der Waals surface area (Å²) in [5.74, 6) is 1.55. The van der Waals surface area contributed by atoms with Crippen LogP contribution < -0.4 is 9.47 Å². The first kappa shape index (κ1) is 11.9. The average molecular weight is 241 g/mol. The Hall–Kier alpha value is -2.61. The first-order valence-electron chi connectivity index (χ1n) is 5.45. The molecular weight excluding hydrogens is 230 g/mol. The fourth-order valence-corrected chi connectivity index (χ4v) is 1.36. The van der Waals surface area contributed by atoms with Crippen molar-refractivity contribution in [1.82, 2.24) is 9.97 Å². The summed E-state index contributed by atoms with van der Waals surface area (Å²) < 4.78 is 10.8. The molecule has 2 aromatic rings. The largest absolute Gasteiger partial charge is 0.494 e. The van der Waals surface area contributed by atoms with Crippen LogP contribution >= 0.6 is 0 Å². The molecule has 90 valence electrons. The molecule has 0 spiro atoms. The first-order chi connectivity index (χ1) is 8.83. The van der Waals surface area contributed by atoms with Gasteiger partial charge in [0, 0.05) is 12.4 Å². The van der Waals surface area contributed by atoms with E-state index in [1.54, 1.807) is 24.3 Å². The molecule has 0 aliphatic carbocycles. The minimum Gasteiger partial charge on any atom is -0.494 e. The van der Waals surface area contributed by atoms with E-state index in [0.29, 0.717) is 12.4 Å². The number of nitrogens with zero attached hydrogens (tertiary/aromatic N) is 3. The molecule has 18 heavy (non-hydrogen) atoms. The van der Waals surface area contributed by atoms with Gasteiger partial charge in [-0.3, -0.25) is 0 Å². The lowest BCUT2D eigenvalue weighted by molar-refractivity contribution is 0.339. The Morgan fingerprint density at radius 1 is 1.11 bits per heavy atom. The zero-order valence-corrected chi connectivity index (χ0v) is 9.83. The van der Waals surface area contributed by atoms with Crippen molar-refractivity contribution in [3.8, 4) is 23.4 Å². The predicted octanol–water partition coefficient (Wildman–Crippen LogP) is 2.54. The van der Waals surface area contributed by atoms with Crippen molar-refractivity contribution in [2.45, 2.75) is 6.92 Å². The van der Waals surface area contributed by atoms with Crippen molar-refractivity contribution in [3.05, 3.63) is 42.4 Å². The molecule has 5 nitrogen and oxygen atoms in total. The summed E-state index contributed by atoms with van der Waals surface area (Å²) >= 11 is 0. The second-order valence-corrected chi connectivity index (χ2v) is 3.33. The topological polar surface area (TPSA) is 68.0 Å². The highest BCUT2D eigenvalue weighted by Crippen LogP contribution is 2.23. The normalized spacial score (nSPS) is 9.56. The monoisotopic (exact) mass is 241 g/mol. The van der Waals surface area contributed by atoms with Crippen LogP contribution in [0.1, 0.15) is 12.6 Å². The third-order valence-electron chi connectivity index (χ3n) is 2.12. The van der Waals surface area contributed by atoms with Gasteiger partial charge in [-0.1, -0.05) is 0 Å². The van der Waals surface area contributed by atoms with Gasteiger partial charge in [-0.2, -0.15) is 5.26 Å². The highest BCUT2D eigenvalue weighted by Gasteiger charge is 2.06. The molecule has 0 bridgehead atoms. The van der Waals surface area contributed by atoms with E-state index in [-0.39, 0.29) is 11.6 Å². The van der Waals surface area contributed by atoms with E-state index in [0.717, 1.165) is 5.75 Å². The number of hydrogen-bond acceptors (Lipinski definition) is 5. The lowest BCUT2D eigenvalue weighted by atomic mass is 10.3. The lowest BCUT2D eigenvalue weighted by Crippen LogP contribution is -1.94. The van der Waals surface area contributed by atoms with Gasteiger partial charge >= 0.3 is 0 Å². The minimum atomic E-state index is 0.159. The summed E-state index contributed by atoms with van der Waals surface area (Å²) in [5.41, 5.74) is 0.159. The third-order valence-corrected chi connectivity index (χ3v) is 2.12. The van der Waals surface area contributed by atoms with Crippen molar-refractivity contribution < 1.29 is 9.47 Å². The van der Waals surface area contributed by atoms with Crippen LogP contribution in [0.3, 0.4) is 0 Å². The molecule has 0 saturated carbocycles. The number of ether oxygens (including phenoxy) is 2. The summed E-state index contributed by atoms with van der Waals surface area (Å²) in [7, 11) is 0. The number of aromatic nitrogens is 2. The molecule has 1 aromatic heterocycles. The zero-order valence-electron chi connectivity index (χ0n) is 9.83. The summed E-state index contributed by atoms with van der Waals surface area (Å²) in [6.07, 6.45) is 2.92. The molecule has 0 atom stereocenters. The quantitative estimate of drug-likeness (QED) is 0.822. The molecule has 0 saturated heterocycles. The maximum atomic E-state index is 8.86. The third kappa shape index (κ3) is 2.74. The second-order valence-electron chi connectivity index (χ2n) is 3.33. The Kier molecular flexibility index (Phi) is 3.72. The Balaban J connectivity index is 2.16. The molecule has 1 heterocycles. The van der Waals surface area contributed by atoms with E-state index in [1.165, 1.54) is 12.4 Å². The maximum Gasteiger partial charge on any atom is 0.256 e. The zero-order chi connectivity index (χ0) is 12.8. The van der Waals surface area contributed by atoms with Crippen molar-refractivity contribution in [3.63, 3.8) is 0 Å². The van der Waals surface area contributed by atoms with Crippen LogP contribution in [-0.4, -0.2) is 16.6 Å². The molecule has 0 fully saturated rings. The van der Waals surface area contributed by atoms with Crippen molar-refractivity contribution in [2.24, 2.45) is 0 Å². The summed E-state index contributed by atoms with van der Waals surface area (Å²) in [6, 6.07) is 9.01. The average Bonchev–Trinajstić information content (AvgIpc) is 2.42. The van der Waals surface area contributed by atoms with Gasteiger partial charge in [0.05, 0.1) is 6.61 Å². The Morgan fingerprint density at radius 3 is 2.44 bits per heavy atom. The van der Waals surface area contributed by atoms with Crippen molar-refractivity contribution in [2.75, 3.05) is 6.61 Å². The lowest BCUT2D eigenvalue weighted by Gasteiger charge is -2.06. The van der Waals surface area contributed by atoms with E-state index < -0.39 is 0 Å². The SMILES string of the molecule is CCOc1ccc(Oc2nccnc2C#N)cc1. The van der Waals surface area contributed by atoms with E-state index in [1.807, 2.05) is 13.0 Å². The van der Waals surface area contributed by atoms with Crippen LogP contribution in [0.15, 0.2) is 36.7 Å². The molecule has 0 radical (unpaired) electrons. The fourth-order valence-electron chi connectivity index (χ4n) is 1.36. The van der Waals surface area contributed by atoms with Crippen LogP contribution in [0.25, 0.3) is 0 Å². The summed E-state index contributed by atoms with van der Waals surface area (Å²) in [5, 5.41) is 8.86. The summed E-state index contributed by atoms with van der Waals surface area (Å²) in [4.78, 5) is 7.83. The molecule has 0 aliphatic heterocycles. The standard InChI is InChI=1S/C13H11N3O2/c1-2-17-10-3-5-11(6-4-10)18-13-12(9-14)15-7-8-16-13/h3-8H,2H2,1H3. The van der Waals surface area contributed by atoms with Gasteiger partial charge in [0.2, 0.25) is 5.69 Å². The van der Waals surface area contributed by atoms with E-state index in [2.05, 4.69) is 9.97 Å². The molecule has 0 N–H and O–H groups in total. The molecule has 5 heteroatoms. The second kappa shape index (κ2) is 5.64. The van der Waals surface area contributed by atoms with E-state index >= 15 is 0 Å². The smallest absolute Gasteiger partial charge is 0.256 e. The van der Waals surface area contributed by atoms with Crippen LogP contribution in [-0.2, 0) is 0 Å². The molecular formula is C13H11N3O2. The van der Waals surface area contributed by atoms with Crippen LogP contribution in [0.5, 0.6) is 17.4 Å². The van der Waals surface area contributed by atoms with Crippen LogP contribution in [0, 0.1) is 11.3 Å². The molecule has 1 aromatic carbocycles. The minimum absolute atomic E-state index is 0.159. The van der Waals surface area contributed by atoms with Crippen LogP contribution in [0.2, 0.25) is 0 Å². The van der Waals surface area contributed by atoms with Gasteiger partial charge in [0.1, 0.15) is 17.6 Å². The number of rotatable bonds is 4. The Bertz CT molecular complexity index is 561. The predicted molar refractivity (Wildman–Crippen MR) is 64.4 cm³/mol. The highest BCUT2D eigenvalue weighted by molar-refractivity contribution is 5.37. The van der Waals surface area contributed by atoms with Crippen molar-refractivity contribution >= 4 is 0 Å². The van der Waals surface area contributed by atoms with E-state index in [9.17, 15) is 0 Å². The number of nitriles is 1. The Labute approximate surface area is 105 Å². The van der Waals surface area contributed by atoms with E-state index in [4.69, 9.17) is 14.7 Å². The van der Waals surface area contributed by atoms with Gasteiger partial charge in [-0.25, -0.2) is 9.97 Å². The molecule has 0 unspecified atom stereocenters. The van der Waals surface area contributed by atoms with Gasteiger partial charge in [-0.15, -0.1) is 0 Å². The van der Waals surface area contributed by atoms with Crippen molar-refractivity contribution in [1.29, 1.82) is 5.26 Å². The summed E-state index contributed by atoms with van der Waals surface area (Å²) in [6.45, 7) is 2.53. The molecule has 0 aliphatic rings. The van der Waals surface area contributed by atoms with Gasteiger partial charge in [0.25, 0.3) is 5.88 Å². The fraction of sp³-hybridized carbons (Fsp3) is 0.154. The highest BCUT2D eigenvalue weighted by atomic mass is 16.5. The number of benzene rings is 1. The van der Waals surface area contributed by atoms with Gasteiger partial charge < -0.3 is 9.47 Å². The first-order valence-corrected chi connectivity index (χ1v) is 5.45. The van der Waals surface area contributed by atoms with Crippen LogP contribution in [0.4, 0.5) is 0 Å². The molecule has 0 amide bonds. The molecule has 2 rings (SSSR count).